The predicted octanol–water partition coefficient (Wildman–Crippen LogP) is 14.6. The lowest BCUT2D eigenvalue weighted by atomic mass is 10.0. The van der Waals surface area contributed by atoms with Crippen LogP contribution in [0.2, 0.25) is 0 Å². The molecule has 1 amide bonds. The van der Waals surface area contributed by atoms with Gasteiger partial charge in [0.05, 0.1) is 18.8 Å². The molecule has 0 heterocycles. The third-order valence-corrected chi connectivity index (χ3v) is 11.5. The van der Waals surface area contributed by atoms with Gasteiger partial charge in [-0.3, -0.25) is 4.79 Å². The van der Waals surface area contributed by atoms with Crippen LogP contribution in [0, 0.1) is 0 Å². The molecule has 55 heavy (non-hydrogen) atoms. The molecule has 326 valence electrons. The van der Waals surface area contributed by atoms with Crippen molar-refractivity contribution in [3.8, 4) is 0 Å². The minimum absolute atomic E-state index is 0.242. The number of aliphatic hydroxyl groups excluding tert-OH is 3. The van der Waals surface area contributed by atoms with Crippen molar-refractivity contribution >= 4 is 5.91 Å². The Balaban J connectivity index is 3.49. The van der Waals surface area contributed by atoms with E-state index >= 15 is 0 Å². The van der Waals surface area contributed by atoms with Crippen molar-refractivity contribution < 1.29 is 20.1 Å². The summed E-state index contributed by atoms with van der Waals surface area (Å²) < 4.78 is 0. The minimum atomic E-state index is -0.871. The zero-order chi connectivity index (χ0) is 40.0. The fraction of sp³-hybridized carbons (Fsp3) is 0.900. The largest absolute Gasteiger partial charge is 0.396 e. The van der Waals surface area contributed by atoms with E-state index in [2.05, 4.69) is 12.2 Å². The van der Waals surface area contributed by atoms with E-state index < -0.39 is 12.1 Å². The second-order valence-electron chi connectivity index (χ2n) is 17.0. The van der Waals surface area contributed by atoms with E-state index in [1.165, 1.54) is 225 Å². The number of hydrogen-bond acceptors (Lipinski definition) is 4. The Hall–Kier alpha value is -1.17. The van der Waals surface area contributed by atoms with Gasteiger partial charge >= 0.3 is 0 Å². The van der Waals surface area contributed by atoms with Gasteiger partial charge in [0.25, 0.3) is 0 Å². The van der Waals surface area contributed by atoms with Gasteiger partial charge in [-0.1, -0.05) is 250 Å². The summed E-state index contributed by atoms with van der Waals surface area (Å²) in [6.07, 6.45) is 59.3. The third kappa shape index (κ3) is 43.8. The molecule has 0 bridgehead atoms. The molecule has 0 fully saturated rings. The number of unbranched alkanes of at least 4 members (excludes halogenated alkanes) is 38. The van der Waals surface area contributed by atoms with Crippen LogP contribution in [0.1, 0.15) is 264 Å². The summed E-state index contributed by atoms with van der Waals surface area (Å²) in [5, 5.41) is 31.7. The van der Waals surface area contributed by atoms with Gasteiger partial charge in [-0.25, -0.2) is 0 Å². The quantitative estimate of drug-likeness (QED) is 0.0282. The Labute approximate surface area is 343 Å². The van der Waals surface area contributed by atoms with Crippen LogP contribution in [0.15, 0.2) is 24.3 Å². The molecule has 0 aliphatic heterocycles. The lowest BCUT2D eigenvalue weighted by molar-refractivity contribution is -0.118. The molecule has 0 aromatic heterocycles. The van der Waals surface area contributed by atoms with Crippen molar-refractivity contribution in [3.05, 3.63) is 24.3 Å². The van der Waals surface area contributed by atoms with Gasteiger partial charge in [0.15, 0.2) is 0 Å². The monoisotopic (exact) mass is 776 g/mol. The van der Waals surface area contributed by atoms with Gasteiger partial charge in [0, 0.05) is 6.61 Å². The number of nitrogens with one attached hydrogen (secondary N) is 1. The molecule has 0 aromatic carbocycles. The number of amides is 1. The first-order chi connectivity index (χ1) is 27.2. The van der Waals surface area contributed by atoms with Crippen LogP contribution in [0.4, 0.5) is 0 Å². The molecule has 0 aliphatic carbocycles. The second kappa shape index (κ2) is 47.2. The lowest BCUT2D eigenvalue weighted by Crippen LogP contribution is -2.44. The molecule has 0 rings (SSSR count). The molecule has 0 saturated heterocycles. The summed E-state index contributed by atoms with van der Waals surface area (Å²) in [5.41, 5.74) is 0. The van der Waals surface area contributed by atoms with Crippen LogP contribution in [0.5, 0.6) is 0 Å². The zero-order valence-corrected chi connectivity index (χ0v) is 36.9. The van der Waals surface area contributed by atoms with Gasteiger partial charge in [-0.2, -0.15) is 0 Å². The first kappa shape index (κ1) is 53.8. The van der Waals surface area contributed by atoms with E-state index in [0.717, 1.165) is 32.1 Å². The van der Waals surface area contributed by atoms with Crippen LogP contribution in [0.25, 0.3) is 0 Å². The summed E-state index contributed by atoms with van der Waals surface area (Å²) in [6, 6.07) is -0.671. The fourth-order valence-corrected chi connectivity index (χ4v) is 7.75. The smallest absolute Gasteiger partial charge is 0.244 e. The molecule has 0 spiro atoms. The van der Waals surface area contributed by atoms with Gasteiger partial charge < -0.3 is 20.6 Å². The highest BCUT2D eigenvalue weighted by atomic mass is 16.3. The average Bonchev–Trinajstić information content (AvgIpc) is 3.19. The highest BCUT2D eigenvalue weighted by molar-refractivity contribution is 5.87. The Bertz CT molecular complexity index is 799. The zero-order valence-electron chi connectivity index (χ0n) is 36.9. The molecule has 4 N–H and O–H groups in total. The first-order valence-electron chi connectivity index (χ1n) is 24.7. The maximum absolute atomic E-state index is 12.3. The van der Waals surface area contributed by atoms with Crippen LogP contribution in [-0.2, 0) is 4.79 Å². The number of carbonyl (C=O) groups excluding carboxylic acids is 1. The summed E-state index contributed by atoms with van der Waals surface area (Å²) in [6.45, 7) is 2.35. The van der Waals surface area contributed by atoms with Gasteiger partial charge in [-0.15, -0.1) is 0 Å². The van der Waals surface area contributed by atoms with E-state index in [9.17, 15) is 15.0 Å². The summed E-state index contributed by atoms with van der Waals surface area (Å²) in [5.74, 6) is -0.242. The van der Waals surface area contributed by atoms with Crippen molar-refractivity contribution in [1.29, 1.82) is 0 Å². The van der Waals surface area contributed by atoms with Crippen molar-refractivity contribution in [2.45, 2.75) is 276 Å². The molecule has 0 aliphatic rings. The van der Waals surface area contributed by atoms with Crippen molar-refractivity contribution in [1.82, 2.24) is 5.32 Å². The normalized spacial score (nSPS) is 13.0. The molecule has 0 radical (unpaired) electrons. The van der Waals surface area contributed by atoms with Crippen molar-refractivity contribution in [3.63, 3.8) is 0 Å². The fourth-order valence-electron chi connectivity index (χ4n) is 7.75. The topological polar surface area (TPSA) is 89.8 Å². The number of aliphatic hydroxyl groups is 3. The molecular weight excluding hydrogens is 679 g/mol. The van der Waals surface area contributed by atoms with Crippen LogP contribution >= 0.6 is 0 Å². The van der Waals surface area contributed by atoms with E-state index in [0.29, 0.717) is 6.61 Å². The van der Waals surface area contributed by atoms with Gasteiger partial charge in [-0.05, 0) is 38.2 Å². The van der Waals surface area contributed by atoms with Crippen LogP contribution in [-0.4, -0.2) is 46.6 Å². The molecule has 5 heteroatoms. The Morgan fingerprint density at radius 1 is 0.436 bits per heavy atom. The lowest BCUT2D eigenvalue weighted by Gasteiger charge is -2.18. The highest BCUT2D eigenvalue weighted by Gasteiger charge is 2.17. The first-order valence-corrected chi connectivity index (χ1v) is 24.7. The van der Waals surface area contributed by atoms with Crippen molar-refractivity contribution in [2.24, 2.45) is 0 Å². The Morgan fingerprint density at radius 2 is 0.727 bits per heavy atom. The molecule has 0 aromatic rings. The van der Waals surface area contributed by atoms with Crippen LogP contribution in [0.3, 0.4) is 0 Å². The molecule has 5 nitrogen and oxygen atoms in total. The average molecular weight is 776 g/mol. The maximum Gasteiger partial charge on any atom is 0.244 e. The second-order valence-corrected chi connectivity index (χ2v) is 17.0. The van der Waals surface area contributed by atoms with Gasteiger partial charge in [0.1, 0.15) is 0 Å². The van der Waals surface area contributed by atoms with E-state index in [4.69, 9.17) is 5.11 Å². The molecule has 2 atom stereocenters. The Kier molecular flexibility index (Phi) is 46.2. The van der Waals surface area contributed by atoms with Crippen molar-refractivity contribution in [2.75, 3.05) is 13.2 Å². The predicted molar refractivity (Wildman–Crippen MR) is 241 cm³/mol. The third-order valence-electron chi connectivity index (χ3n) is 11.5. The van der Waals surface area contributed by atoms with E-state index in [-0.39, 0.29) is 12.5 Å². The minimum Gasteiger partial charge on any atom is -0.396 e. The van der Waals surface area contributed by atoms with E-state index in [1.807, 2.05) is 12.2 Å². The summed E-state index contributed by atoms with van der Waals surface area (Å²) in [7, 11) is 0. The highest BCUT2D eigenvalue weighted by Crippen LogP contribution is 2.17. The maximum atomic E-state index is 12.3. The van der Waals surface area contributed by atoms with Gasteiger partial charge in [0.2, 0.25) is 5.91 Å². The van der Waals surface area contributed by atoms with E-state index in [1.54, 1.807) is 12.2 Å². The summed E-state index contributed by atoms with van der Waals surface area (Å²) >= 11 is 0. The molecular formula is C50H97NO4. The number of allylic oxidation sites excluding steroid dienone is 2. The Morgan fingerprint density at radius 3 is 1.04 bits per heavy atom. The number of carbonyl (C=O) groups is 1. The standard InChI is InChI=1S/C50H97NO4/c1-2-3-4-5-6-7-8-9-23-26-29-32-35-38-41-44-49(54)48(47-53)51-50(55)45-42-39-36-33-30-27-24-21-19-17-15-13-11-10-12-14-16-18-20-22-25-28-31-34-37-40-43-46-52/h41-42,44-45,48-49,52-54H,2-40,43,46-47H2,1H3,(H,51,55). The molecule has 0 saturated carbocycles. The SMILES string of the molecule is CCCCCCCCCCCCCCCC=CC(O)C(CO)NC(=O)C=CCCCCCCCCCCCCCCCCCCCCCCCCCCCO. The molecule has 2 unspecified atom stereocenters. The van der Waals surface area contributed by atoms with Crippen LogP contribution < -0.4 is 5.32 Å². The number of rotatable bonds is 46. The summed E-state index contributed by atoms with van der Waals surface area (Å²) in [4.78, 5) is 12.3. The number of hydrogen-bond donors (Lipinski definition) is 4.